The summed E-state index contributed by atoms with van der Waals surface area (Å²) >= 11 is 0. The molecule has 4 saturated heterocycles. The molecule has 14 nitrogen and oxygen atoms in total. The maximum atomic E-state index is 14.5. The lowest BCUT2D eigenvalue weighted by atomic mass is 9.44. The van der Waals surface area contributed by atoms with Crippen molar-refractivity contribution in [3.05, 3.63) is 0 Å². The van der Waals surface area contributed by atoms with Gasteiger partial charge in [-0.15, -0.1) is 0 Å². The van der Waals surface area contributed by atoms with Gasteiger partial charge in [-0.25, -0.2) is 0 Å². The largest absolute Gasteiger partial charge is 0.394 e. The first-order valence-corrected chi connectivity index (χ1v) is 20.3. The third-order valence-electron chi connectivity index (χ3n) is 16.0. The zero-order valence-electron chi connectivity index (χ0n) is 31.4. The number of aliphatic hydroxyl groups is 7. The fourth-order valence-corrected chi connectivity index (χ4v) is 12.9. The smallest absolute Gasteiger partial charge is 0.187 e. The summed E-state index contributed by atoms with van der Waals surface area (Å²) in [5.74, 6) is 1.89. The molecule has 0 unspecified atom stereocenters. The first-order chi connectivity index (χ1) is 25.2. The summed E-state index contributed by atoms with van der Waals surface area (Å²) in [5, 5.41) is 72.6. The molecule has 0 aromatic heterocycles. The summed E-state index contributed by atoms with van der Waals surface area (Å²) in [6, 6.07) is 0. The predicted molar refractivity (Wildman–Crippen MR) is 183 cm³/mol. The first-order valence-electron chi connectivity index (χ1n) is 20.3. The van der Waals surface area contributed by atoms with Gasteiger partial charge in [0.05, 0.1) is 32.0 Å². The molecule has 0 aromatic rings. The highest BCUT2D eigenvalue weighted by atomic mass is 16.8. The first kappa shape index (κ1) is 39.0. The number of ether oxygens (including phenoxy) is 6. The van der Waals surface area contributed by atoms with Crippen LogP contribution in [0.2, 0.25) is 0 Å². The fourth-order valence-electron chi connectivity index (χ4n) is 12.9. The van der Waals surface area contributed by atoms with E-state index in [4.69, 9.17) is 28.4 Å². The molecule has 0 bridgehead atoms. The van der Waals surface area contributed by atoms with Crippen molar-refractivity contribution in [3.63, 3.8) is 0 Å². The molecule has 0 amide bonds. The van der Waals surface area contributed by atoms with Gasteiger partial charge in [0.2, 0.25) is 0 Å². The second kappa shape index (κ2) is 14.2. The Morgan fingerprint density at radius 1 is 0.774 bits per heavy atom. The number of Topliss-reactive ketones (excluding diaryl/α,β-unsaturated/α-hetero) is 1. The van der Waals surface area contributed by atoms with E-state index in [1.54, 1.807) is 0 Å². The molecule has 302 valence electrons. The lowest BCUT2D eigenvalue weighted by Crippen LogP contribution is -2.65. The van der Waals surface area contributed by atoms with E-state index in [0.29, 0.717) is 43.5 Å². The Labute approximate surface area is 311 Å². The monoisotopic (exact) mass is 754 g/mol. The molecule has 4 aliphatic heterocycles. The van der Waals surface area contributed by atoms with Gasteiger partial charge in [0.15, 0.2) is 18.4 Å². The van der Waals surface area contributed by atoms with Gasteiger partial charge >= 0.3 is 0 Å². The molecule has 22 atom stereocenters. The highest BCUT2D eigenvalue weighted by Gasteiger charge is 2.72. The quantitative estimate of drug-likeness (QED) is 0.185. The average Bonchev–Trinajstić information content (AvgIpc) is 3.59. The van der Waals surface area contributed by atoms with Gasteiger partial charge in [-0.2, -0.15) is 0 Å². The Balaban J connectivity index is 0.959. The zero-order chi connectivity index (χ0) is 37.8. The normalized spacial score (nSPS) is 58.2. The molecule has 4 heterocycles. The van der Waals surface area contributed by atoms with E-state index in [1.165, 1.54) is 0 Å². The molecule has 8 aliphatic rings. The second-order valence-electron chi connectivity index (χ2n) is 18.6. The minimum atomic E-state index is -1.74. The molecule has 1 spiro atoms. The van der Waals surface area contributed by atoms with Crippen LogP contribution in [0.5, 0.6) is 0 Å². The lowest BCUT2D eigenvalue weighted by molar-refractivity contribution is -0.373. The fraction of sp³-hybridized carbons (Fsp3) is 0.974. The van der Waals surface area contributed by atoms with Crippen molar-refractivity contribution in [2.24, 2.45) is 52.3 Å². The summed E-state index contributed by atoms with van der Waals surface area (Å²) in [4.78, 5) is 14.5. The molecule has 4 saturated carbocycles. The van der Waals surface area contributed by atoms with Gasteiger partial charge in [0, 0.05) is 30.1 Å². The van der Waals surface area contributed by atoms with Crippen LogP contribution in [-0.2, 0) is 33.2 Å². The summed E-state index contributed by atoms with van der Waals surface area (Å²) in [6.45, 7) is 8.51. The third-order valence-corrected chi connectivity index (χ3v) is 16.0. The maximum absolute atomic E-state index is 14.5. The summed E-state index contributed by atoms with van der Waals surface area (Å²) in [7, 11) is 0. The molecular weight excluding hydrogens is 692 g/mol. The topological polar surface area (TPSA) is 214 Å². The number of fused-ring (bicyclic) bond motifs is 7. The van der Waals surface area contributed by atoms with E-state index >= 15 is 0 Å². The molecule has 7 N–H and O–H groups in total. The number of aliphatic hydroxyl groups excluding tert-OH is 7. The van der Waals surface area contributed by atoms with Crippen LogP contribution in [0.3, 0.4) is 0 Å². The molecule has 4 aliphatic carbocycles. The van der Waals surface area contributed by atoms with E-state index in [9.17, 15) is 40.5 Å². The standard InChI is InChI=1S/C39H62O14/c1-17-7-10-39(48-16-17)18(2)28-24(53-39)12-23-21-6-5-19-11-20(8-9-37(19,3)22(21)13-27(42)38(23,28)4)49-36-34(32(46)30(44)26(15-41)51-36)52-35-33(47)31(45)29(43)25(14-40)50-35/h17-26,28-36,40-41,43-47H,5-16H2,1-4H3/t17-,18+,19+,20+,21-,22+,23+,24+,25-,26-,28+,29-,30+,31+,32+,33-,34-,35+,36-,37+,38-,39-/m1/s1. The predicted octanol–water partition coefficient (Wildman–Crippen LogP) is 0.621. The van der Waals surface area contributed by atoms with Crippen molar-refractivity contribution in [2.75, 3.05) is 19.8 Å². The van der Waals surface area contributed by atoms with Gasteiger partial charge in [-0.3, -0.25) is 4.79 Å². The van der Waals surface area contributed by atoms with Crippen molar-refractivity contribution in [1.29, 1.82) is 0 Å². The van der Waals surface area contributed by atoms with Crippen molar-refractivity contribution >= 4 is 5.78 Å². The Hall–Kier alpha value is -0.850. The van der Waals surface area contributed by atoms with E-state index in [1.807, 2.05) is 0 Å². The van der Waals surface area contributed by atoms with Crippen LogP contribution in [0.15, 0.2) is 0 Å². The summed E-state index contributed by atoms with van der Waals surface area (Å²) in [5.41, 5.74) is -0.496. The van der Waals surface area contributed by atoms with Crippen LogP contribution < -0.4 is 0 Å². The number of carbonyl (C=O) groups excluding carboxylic acids is 1. The van der Waals surface area contributed by atoms with Crippen LogP contribution in [-0.4, -0.2) is 141 Å². The van der Waals surface area contributed by atoms with Gasteiger partial charge in [-0.1, -0.05) is 27.7 Å². The highest BCUT2D eigenvalue weighted by Crippen LogP contribution is 2.70. The van der Waals surface area contributed by atoms with Gasteiger partial charge < -0.3 is 64.2 Å². The minimum Gasteiger partial charge on any atom is -0.394 e. The zero-order valence-corrected chi connectivity index (χ0v) is 31.4. The molecule has 0 radical (unpaired) electrons. The number of rotatable bonds is 6. The van der Waals surface area contributed by atoms with Crippen LogP contribution in [0.1, 0.15) is 85.5 Å². The number of carbonyl (C=O) groups is 1. The Morgan fingerprint density at radius 2 is 1.47 bits per heavy atom. The van der Waals surface area contributed by atoms with E-state index in [-0.39, 0.29) is 47.2 Å². The second-order valence-corrected chi connectivity index (χ2v) is 18.6. The van der Waals surface area contributed by atoms with Crippen LogP contribution in [0, 0.1) is 52.3 Å². The van der Waals surface area contributed by atoms with Crippen LogP contribution in [0.25, 0.3) is 0 Å². The van der Waals surface area contributed by atoms with Crippen LogP contribution in [0.4, 0.5) is 0 Å². The van der Waals surface area contributed by atoms with E-state index in [0.717, 1.165) is 38.5 Å². The molecule has 14 heteroatoms. The third kappa shape index (κ3) is 6.03. The van der Waals surface area contributed by atoms with Crippen molar-refractivity contribution < 1.29 is 69.0 Å². The average molecular weight is 755 g/mol. The maximum Gasteiger partial charge on any atom is 0.187 e. The number of hydrogen-bond acceptors (Lipinski definition) is 14. The Bertz CT molecular complexity index is 1340. The molecular formula is C39H62O14. The summed E-state index contributed by atoms with van der Waals surface area (Å²) in [6.07, 6.45) is -7.55. The Morgan fingerprint density at radius 3 is 2.15 bits per heavy atom. The van der Waals surface area contributed by atoms with Gasteiger partial charge in [0.1, 0.15) is 54.6 Å². The van der Waals surface area contributed by atoms with Crippen molar-refractivity contribution in [1.82, 2.24) is 0 Å². The lowest BCUT2D eigenvalue weighted by Gasteiger charge is -2.60. The SMILES string of the molecule is C[C@@H]1CC[C@@]2(OC1)O[C@H]1C[C@H]3[C@@H]4CC[C@H]5C[C@@H](O[C@@H]6O[C@H](CO)[C@H](O)[C@H](O)[C@H]6O[C@@H]6O[C@H](CO)[C@@H](O)[C@H](O)[C@H]6O)CC[C@]5(C)[C@H]4CC(=O)[C@]3(C)[C@H]1[C@@H]2C. The molecule has 8 fully saturated rings. The number of ketones is 1. The number of hydrogen-bond donors (Lipinski definition) is 7. The Kier molecular flexibility index (Phi) is 10.5. The van der Waals surface area contributed by atoms with Crippen LogP contribution >= 0.6 is 0 Å². The molecule has 8 rings (SSSR count). The van der Waals surface area contributed by atoms with Crippen molar-refractivity contribution in [3.8, 4) is 0 Å². The highest BCUT2D eigenvalue weighted by molar-refractivity contribution is 5.87. The minimum absolute atomic E-state index is 0.0380. The van der Waals surface area contributed by atoms with E-state index < -0.39 is 85.8 Å². The summed E-state index contributed by atoms with van der Waals surface area (Å²) < 4.78 is 37.2. The van der Waals surface area contributed by atoms with E-state index in [2.05, 4.69) is 27.7 Å². The molecule has 53 heavy (non-hydrogen) atoms. The van der Waals surface area contributed by atoms with Crippen molar-refractivity contribution in [2.45, 2.75) is 165 Å². The van der Waals surface area contributed by atoms with Gasteiger partial charge in [0.25, 0.3) is 0 Å². The molecule has 0 aromatic carbocycles. The van der Waals surface area contributed by atoms with Gasteiger partial charge in [-0.05, 0) is 80.0 Å².